The lowest BCUT2D eigenvalue weighted by Crippen LogP contribution is -3.61. The van der Waals surface area contributed by atoms with Crippen molar-refractivity contribution >= 4 is 24.1 Å². The minimum atomic E-state index is -3.49. The number of ether oxygens (including phenoxy) is 3. The molecule has 3 aromatic heterocycles. The molecule has 0 aliphatic heterocycles. The first-order chi connectivity index (χ1) is 46.1. The zero-order valence-corrected chi connectivity index (χ0v) is 64.2. The summed E-state index contributed by atoms with van der Waals surface area (Å²) in [5.41, 5.74) is 4.73. The molecule has 0 saturated heterocycles. The Labute approximate surface area is 603 Å². The Morgan fingerprint density at radius 2 is 0.737 bits per heavy atom. The summed E-state index contributed by atoms with van der Waals surface area (Å²) in [6, 6.07) is 36.6. The normalized spacial score (nSPS) is 24.3. The fraction of sp³-hybridized carbons (Fsp3) is 0.532. The van der Waals surface area contributed by atoms with Crippen molar-refractivity contribution in [3.63, 3.8) is 0 Å². The molecule has 534 valence electrons. The maximum absolute atomic E-state index is 13.1. The second-order valence-corrected chi connectivity index (χ2v) is 39.1. The molecule has 7 aromatic rings. The Balaban J connectivity index is 0.000000147. The average Bonchev–Trinajstić information content (AvgIpc) is 1.66. The number of hydrogen-bond acceptors (Lipinski definition) is 11. The van der Waals surface area contributed by atoms with Crippen molar-refractivity contribution in [1.82, 2.24) is 28.7 Å². The molecule has 0 radical (unpaired) electrons. The number of halogens is 6. The molecule has 8 aliphatic carbocycles. The lowest BCUT2D eigenvalue weighted by Gasteiger charge is -2.60. The van der Waals surface area contributed by atoms with Crippen LogP contribution in [0.2, 0.25) is 0 Å². The third-order valence-corrected chi connectivity index (χ3v) is 25.1. The van der Waals surface area contributed by atoms with E-state index in [-0.39, 0.29) is 94.1 Å². The van der Waals surface area contributed by atoms with Crippen LogP contribution in [0.5, 0.6) is 0 Å². The molecular weight excluding hydrogens is 1490 g/mol. The van der Waals surface area contributed by atoms with Crippen LogP contribution in [-0.2, 0) is 45.5 Å². The predicted molar refractivity (Wildman–Crippen MR) is 365 cm³/mol. The number of nitrogens with zero attached hydrogens (tertiary/aromatic N) is 6. The van der Waals surface area contributed by atoms with E-state index in [0.29, 0.717) is 50.4 Å². The van der Waals surface area contributed by atoms with Crippen LogP contribution >= 0.6 is 0 Å². The Morgan fingerprint density at radius 1 is 0.444 bits per heavy atom. The Morgan fingerprint density at radius 3 is 1.01 bits per heavy atom. The topological polar surface area (TPSA) is 170 Å². The number of imidazole rings is 3. The van der Waals surface area contributed by atoms with E-state index < -0.39 is 41.1 Å². The minimum Gasteiger partial charge on any atom is -0.461 e. The van der Waals surface area contributed by atoms with Crippen molar-refractivity contribution in [3.8, 4) is 0 Å². The number of alkyl halides is 4. The second-order valence-electron chi connectivity index (χ2n) is 33.0. The van der Waals surface area contributed by atoms with E-state index in [2.05, 4.69) is 195 Å². The zero-order chi connectivity index (χ0) is 72.2. The maximum atomic E-state index is 13.1. The fourth-order valence-corrected chi connectivity index (χ4v) is 20.0. The molecular formula is C79H100F4I2N6O8+2. The van der Waals surface area contributed by atoms with Crippen LogP contribution in [0.15, 0.2) is 153 Å². The van der Waals surface area contributed by atoms with Gasteiger partial charge in [-0.2, -0.15) is 17.6 Å². The van der Waals surface area contributed by atoms with Crippen LogP contribution in [-0.4, -0.2) is 94.1 Å². The number of carbonyl (C=O) groups is 4. The van der Waals surface area contributed by atoms with Crippen molar-refractivity contribution in [2.75, 3.05) is 13.2 Å². The van der Waals surface area contributed by atoms with Gasteiger partial charge in [0.25, 0.3) is 0 Å². The molecule has 4 atom stereocenters. The summed E-state index contributed by atoms with van der Waals surface area (Å²) in [6.45, 7) is 28.3. The molecule has 8 aliphatic rings. The average molecular weight is 1590 g/mol. The summed E-state index contributed by atoms with van der Waals surface area (Å²) in [4.78, 5) is 57.9. The van der Waals surface area contributed by atoms with Gasteiger partial charge in [-0.25, -0.2) is 38.7 Å². The third kappa shape index (κ3) is 21.0. The van der Waals surface area contributed by atoms with E-state index in [1.165, 1.54) is 81.6 Å². The molecule has 8 fully saturated rings. The Bertz CT molecular complexity index is 3520. The number of aromatic nitrogens is 6. The highest BCUT2D eigenvalue weighted by Gasteiger charge is 2.61. The third-order valence-electron chi connectivity index (χ3n) is 19.8. The molecule has 99 heavy (non-hydrogen) atoms. The van der Waals surface area contributed by atoms with Crippen molar-refractivity contribution in [3.05, 3.63) is 190 Å². The number of benzene rings is 4. The number of aliphatic hydroxyl groups is 1. The molecule has 20 heteroatoms. The van der Waals surface area contributed by atoms with Gasteiger partial charge in [-0.05, 0) is 193 Å². The van der Waals surface area contributed by atoms with Crippen LogP contribution in [0.1, 0.15) is 196 Å². The predicted octanol–water partition coefficient (Wildman–Crippen LogP) is 11.3. The van der Waals surface area contributed by atoms with Crippen molar-refractivity contribution in [2.24, 2.45) is 34.5 Å². The van der Waals surface area contributed by atoms with Crippen LogP contribution in [0.25, 0.3) is 0 Å². The summed E-state index contributed by atoms with van der Waals surface area (Å²) in [7, 11) is 0. The van der Waals surface area contributed by atoms with Gasteiger partial charge in [-0.15, -0.1) is 0 Å². The second kappa shape index (κ2) is 30.4. The quantitative estimate of drug-likeness (QED) is 0.0566. The highest BCUT2D eigenvalue weighted by Crippen LogP contribution is 2.64. The Hall–Kier alpha value is -6.27. The summed E-state index contributed by atoms with van der Waals surface area (Å²) < 4.78 is 77.6. The molecule has 1 N–H and O–H groups in total. The van der Waals surface area contributed by atoms with Gasteiger partial charge in [0.1, 0.15) is 24.6 Å². The zero-order valence-electron chi connectivity index (χ0n) is 59.9. The fourth-order valence-electron chi connectivity index (χ4n) is 15.7. The van der Waals surface area contributed by atoms with E-state index in [1.807, 2.05) is 0 Å². The molecule has 4 aromatic carbocycles. The van der Waals surface area contributed by atoms with E-state index in [0.717, 1.165) is 64.2 Å². The van der Waals surface area contributed by atoms with Gasteiger partial charge in [0.05, 0.1) is 18.8 Å². The monoisotopic (exact) mass is 1590 g/mol. The van der Waals surface area contributed by atoms with E-state index >= 15 is 0 Å². The molecule has 3 heterocycles. The summed E-state index contributed by atoms with van der Waals surface area (Å²) in [6.07, 6.45) is 23.1. The van der Waals surface area contributed by atoms with Crippen molar-refractivity contribution < 1.29 is 98.5 Å². The first-order valence-electron chi connectivity index (χ1n) is 34.3. The molecule has 4 unspecified atom stereocenters. The standard InChI is InChI=1S/2C20H26I.C18H22F2N2O4.C14H20F2O3.C7H6N4O/c2*1-19(2,3)15-7-11-17(12-8-15)21-18-13-9-16(10-14-18)20(4,5)6;1-16(19,20)14(23)25-10-17-5-12-4-13(6-17)8-18(7-12,9-17)26-15(24)22-3-2-21-11-22;1-12(15,16)11(17)19-8-13-3-9-2-10(4-13)6-14(18,5-9)7-13;12-7(10-3-1-8-5-10)11-4-2-9-6-11/h2*7-14H,1-6H3;2-3,11-13H,4-10H2,1H3;9-10,18H,2-8H2,1H3;1-6H/q2*+1;;;. The Kier molecular flexibility index (Phi) is 23.6. The number of esters is 2. The van der Waals surface area contributed by atoms with Gasteiger partial charge in [0, 0.05) is 61.9 Å². The van der Waals surface area contributed by atoms with E-state index in [4.69, 9.17) is 14.2 Å². The van der Waals surface area contributed by atoms with Crippen LogP contribution in [0.4, 0.5) is 27.2 Å². The smallest absolute Gasteiger partial charge is 0.419 e. The molecule has 0 amide bonds. The van der Waals surface area contributed by atoms with Gasteiger partial charge in [-0.1, -0.05) is 132 Å². The highest BCUT2D eigenvalue weighted by molar-refractivity contribution is 5.79. The molecule has 8 saturated carbocycles. The number of carbonyl (C=O) groups excluding carboxylic acids is 4. The lowest BCUT2D eigenvalue weighted by molar-refractivity contribution is -0.597. The molecule has 15 rings (SSSR count). The number of hydrogen-bond donors (Lipinski definition) is 1. The minimum absolute atomic E-state index is 0.0323. The van der Waals surface area contributed by atoms with Gasteiger partial charge >= 0.3 is 78.3 Å². The first-order valence-corrected chi connectivity index (χ1v) is 38.7. The summed E-state index contributed by atoms with van der Waals surface area (Å²) in [5, 5.41) is 10.5. The number of rotatable bonds is 11. The SMILES string of the molecule is CC(C)(C)c1ccc([I+]c2ccc(C(C)(C)C)cc2)cc1.CC(C)(C)c1ccc([I+]c2ccc(C(C)(C)C)cc2)cc1.CC(F)(F)C(=O)OCC12CC3CC(C1)CC(OC(=O)n1ccnc1)(C3)C2.CC(F)(F)C(=O)OCC12CC3CC(CC(O)(C3)C1)C2.O=C(n1ccnc1)n1ccnc1. The van der Waals surface area contributed by atoms with Crippen LogP contribution < -0.4 is 42.4 Å². The maximum Gasteiger partial charge on any atom is 0.419 e. The van der Waals surface area contributed by atoms with Crippen LogP contribution in [0.3, 0.4) is 0 Å². The van der Waals surface area contributed by atoms with E-state index in [1.54, 1.807) is 24.8 Å². The molecule has 14 nitrogen and oxygen atoms in total. The summed E-state index contributed by atoms with van der Waals surface area (Å²) in [5.74, 6) is -8.19. The van der Waals surface area contributed by atoms with Crippen molar-refractivity contribution in [2.45, 2.75) is 219 Å². The van der Waals surface area contributed by atoms with Gasteiger partial charge in [0.2, 0.25) is 0 Å². The van der Waals surface area contributed by atoms with E-state index in [9.17, 15) is 41.8 Å². The first kappa shape index (κ1) is 76.9. The van der Waals surface area contributed by atoms with Gasteiger partial charge in [0.15, 0.2) is 14.3 Å². The highest BCUT2D eigenvalue weighted by atomic mass is 127. The van der Waals surface area contributed by atoms with Crippen molar-refractivity contribution in [1.29, 1.82) is 0 Å². The van der Waals surface area contributed by atoms with Gasteiger partial charge < -0.3 is 19.3 Å². The summed E-state index contributed by atoms with van der Waals surface area (Å²) >= 11 is -0.141. The molecule has 0 spiro atoms. The largest absolute Gasteiger partial charge is 0.461 e. The van der Waals surface area contributed by atoms with Gasteiger partial charge in [-0.3, -0.25) is 9.13 Å². The lowest BCUT2D eigenvalue weighted by atomic mass is 9.48. The molecule has 8 bridgehead atoms. The van der Waals surface area contributed by atoms with Crippen LogP contribution in [0, 0.1) is 48.8 Å².